The van der Waals surface area contributed by atoms with Crippen LogP contribution in [0.1, 0.15) is 36.8 Å². The van der Waals surface area contributed by atoms with Gasteiger partial charge in [0.2, 0.25) is 0 Å². The maximum Gasteiger partial charge on any atom is 0.161 e. The molecule has 1 aromatic rings. The van der Waals surface area contributed by atoms with Crippen LogP contribution in [0.5, 0.6) is 11.5 Å². The fourth-order valence-electron chi connectivity index (χ4n) is 5.15. The summed E-state index contributed by atoms with van der Waals surface area (Å²) in [5.74, 6) is 0.570. The van der Waals surface area contributed by atoms with Crippen molar-refractivity contribution in [2.45, 2.75) is 55.3 Å². The van der Waals surface area contributed by atoms with Gasteiger partial charge in [0.05, 0.1) is 18.8 Å². The van der Waals surface area contributed by atoms with E-state index < -0.39 is 17.1 Å². The molecule has 1 saturated heterocycles. The third-order valence-corrected chi connectivity index (χ3v) is 6.14. The van der Waals surface area contributed by atoms with Crippen LogP contribution in [0, 0.1) is 0 Å². The van der Waals surface area contributed by atoms with Crippen molar-refractivity contribution in [3.8, 4) is 11.5 Å². The normalized spacial score (nSPS) is 39.8. The Bertz CT molecular complexity index is 619. The first-order valence-corrected chi connectivity index (χ1v) is 8.05. The van der Waals surface area contributed by atoms with Gasteiger partial charge in [-0.1, -0.05) is 6.07 Å². The molecule has 1 heterocycles. The average Bonchev–Trinajstić information content (AvgIpc) is 2.47. The Morgan fingerprint density at radius 3 is 2.91 bits per heavy atom. The van der Waals surface area contributed by atoms with Crippen molar-refractivity contribution >= 4 is 0 Å². The van der Waals surface area contributed by atoms with Crippen LogP contribution >= 0.6 is 0 Å². The van der Waals surface area contributed by atoms with Crippen LogP contribution < -0.4 is 10.1 Å². The lowest BCUT2D eigenvalue weighted by Crippen LogP contribution is -2.72. The highest BCUT2D eigenvalue weighted by Gasteiger charge is 2.63. The number of phenols is 1. The van der Waals surface area contributed by atoms with Crippen molar-refractivity contribution in [2.24, 2.45) is 0 Å². The van der Waals surface area contributed by atoms with Crippen LogP contribution in [-0.2, 0) is 11.8 Å². The van der Waals surface area contributed by atoms with Crippen molar-refractivity contribution in [1.29, 1.82) is 0 Å². The minimum atomic E-state index is -0.915. The van der Waals surface area contributed by atoms with Crippen molar-refractivity contribution in [1.82, 2.24) is 5.32 Å². The molecule has 3 aliphatic rings. The number of ether oxygens (including phenoxy) is 1. The quantitative estimate of drug-likeness (QED) is 0.618. The summed E-state index contributed by atoms with van der Waals surface area (Å²) in [6.07, 6.45) is 2.63. The van der Waals surface area contributed by atoms with Crippen LogP contribution in [-0.4, -0.2) is 46.7 Å². The Kier molecular flexibility index (Phi) is 2.99. The van der Waals surface area contributed by atoms with Gasteiger partial charge in [-0.15, -0.1) is 0 Å². The van der Waals surface area contributed by atoms with E-state index in [9.17, 15) is 15.3 Å². The Labute approximate surface area is 129 Å². The van der Waals surface area contributed by atoms with Gasteiger partial charge in [0.1, 0.15) is 0 Å². The molecule has 2 aliphatic carbocycles. The van der Waals surface area contributed by atoms with Gasteiger partial charge in [-0.25, -0.2) is 0 Å². The predicted molar refractivity (Wildman–Crippen MR) is 81.3 cm³/mol. The molecule has 1 aromatic carbocycles. The zero-order chi connectivity index (χ0) is 15.5. The molecule has 22 heavy (non-hydrogen) atoms. The number of benzene rings is 1. The summed E-state index contributed by atoms with van der Waals surface area (Å²) in [5.41, 5.74) is 0.341. The van der Waals surface area contributed by atoms with E-state index in [-0.39, 0.29) is 11.8 Å². The number of hydrogen-bond donors (Lipinski definition) is 4. The van der Waals surface area contributed by atoms with Gasteiger partial charge in [-0.2, -0.15) is 0 Å². The molecule has 5 heteroatoms. The molecule has 0 spiro atoms. The fourth-order valence-corrected chi connectivity index (χ4v) is 5.15. The molecule has 5 nitrogen and oxygen atoms in total. The molecule has 1 saturated carbocycles. The van der Waals surface area contributed by atoms with E-state index in [0.29, 0.717) is 37.9 Å². The first-order chi connectivity index (χ1) is 10.5. The van der Waals surface area contributed by atoms with E-state index in [1.165, 1.54) is 7.11 Å². The van der Waals surface area contributed by atoms with Crippen LogP contribution in [0.3, 0.4) is 0 Å². The highest BCUT2D eigenvalue weighted by Crippen LogP contribution is 2.59. The van der Waals surface area contributed by atoms with Crippen molar-refractivity contribution in [3.63, 3.8) is 0 Å². The maximum absolute atomic E-state index is 11.5. The number of aliphatic hydroxyl groups excluding tert-OH is 1. The lowest BCUT2D eigenvalue weighted by Gasteiger charge is -2.61. The Morgan fingerprint density at radius 1 is 1.32 bits per heavy atom. The molecule has 2 fully saturated rings. The largest absolute Gasteiger partial charge is 0.504 e. The third-order valence-electron chi connectivity index (χ3n) is 6.14. The second-order valence-electron chi connectivity index (χ2n) is 7.01. The van der Waals surface area contributed by atoms with Crippen LogP contribution in [0.2, 0.25) is 0 Å². The van der Waals surface area contributed by atoms with Gasteiger partial charge >= 0.3 is 0 Å². The van der Waals surface area contributed by atoms with Crippen LogP contribution in [0.4, 0.5) is 0 Å². The summed E-state index contributed by atoms with van der Waals surface area (Å²) in [4.78, 5) is 0. The molecular formula is C17H23NO4. The summed E-state index contributed by atoms with van der Waals surface area (Å²) in [7, 11) is 1.54. The van der Waals surface area contributed by atoms with Gasteiger partial charge in [0.15, 0.2) is 11.5 Å². The minimum Gasteiger partial charge on any atom is -0.504 e. The molecule has 4 atom stereocenters. The first kappa shape index (κ1) is 14.3. The summed E-state index contributed by atoms with van der Waals surface area (Å²) in [6, 6.07) is 3.74. The Hall–Kier alpha value is -1.30. The van der Waals surface area contributed by atoms with Gasteiger partial charge < -0.3 is 25.4 Å². The molecule has 2 bridgehead atoms. The number of nitrogens with one attached hydrogen (secondary N) is 1. The van der Waals surface area contributed by atoms with Crippen LogP contribution in [0.25, 0.3) is 0 Å². The monoisotopic (exact) mass is 305 g/mol. The molecule has 0 amide bonds. The first-order valence-electron chi connectivity index (χ1n) is 8.05. The second-order valence-corrected chi connectivity index (χ2v) is 7.01. The van der Waals surface area contributed by atoms with Gasteiger partial charge in [-0.05, 0) is 50.3 Å². The molecule has 1 aliphatic heterocycles. The lowest BCUT2D eigenvalue weighted by atomic mass is 9.49. The van der Waals surface area contributed by atoms with Crippen molar-refractivity contribution in [2.75, 3.05) is 13.7 Å². The van der Waals surface area contributed by atoms with Gasteiger partial charge in [0, 0.05) is 17.0 Å². The minimum absolute atomic E-state index is 0.0194. The SMILES string of the molecule is COc1ccc2c(c1O)[C@]13CCN[C@H](C2)[C@]1(O)CC[C@H](O)C3. The summed E-state index contributed by atoms with van der Waals surface area (Å²) >= 11 is 0. The van der Waals surface area contributed by atoms with Crippen molar-refractivity contribution in [3.05, 3.63) is 23.3 Å². The van der Waals surface area contributed by atoms with Crippen LogP contribution in [0.15, 0.2) is 12.1 Å². The lowest BCUT2D eigenvalue weighted by molar-refractivity contribution is -0.146. The standard InChI is InChI=1S/C17H23NO4/c1-22-12-3-2-10-8-13-17(21)5-4-11(19)9-16(17,6-7-18-13)14(10)15(12)20/h2-3,11,13,18-21H,4-9H2,1H3/t11-,13+,16+,17+/m0/s1. The molecule has 4 rings (SSSR count). The number of hydrogen-bond acceptors (Lipinski definition) is 5. The second kappa shape index (κ2) is 4.60. The maximum atomic E-state index is 11.5. The number of aliphatic hydroxyl groups is 2. The zero-order valence-electron chi connectivity index (χ0n) is 12.8. The highest BCUT2D eigenvalue weighted by atomic mass is 16.5. The third kappa shape index (κ3) is 1.59. The van der Waals surface area contributed by atoms with E-state index in [0.717, 1.165) is 17.7 Å². The number of rotatable bonds is 1. The highest BCUT2D eigenvalue weighted by molar-refractivity contribution is 5.58. The molecular weight excluding hydrogens is 282 g/mol. The Morgan fingerprint density at radius 2 is 2.14 bits per heavy atom. The van der Waals surface area contributed by atoms with E-state index in [1.54, 1.807) is 6.07 Å². The summed E-state index contributed by atoms with van der Waals surface area (Å²) < 4.78 is 5.28. The van der Waals surface area contributed by atoms with E-state index in [2.05, 4.69) is 5.32 Å². The summed E-state index contributed by atoms with van der Waals surface area (Å²) in [5, 5.41) is 35.9. The zero-order valence-corrected chi connectivity index (χ0v) is 12.8. The smallest absolute Gasteiger partial charge is 0.161 e. The van der Waals surface area contributed by atoms with E-state index in [1.807, 2.05) is 6.07 Å². The number of fused-ring (bicyclic) bond motifs is 1. The Balaban J connectivity index is 1.98. The van der Waals surface area contributed by atoms with Gasteiger partial charge in [0.25, 0.3) is 0 Å². The van der Waals surface area contributed by atoms with E-state index >= 15 is 0 Å². The molecule has 0 unspecified atom stereocenters. The fraction of sp³-hybridized carbons (Fsp3) is 0.647. The average molecular weight is 305 g/mol. The van der Waals surface area contributed by atoms with Crippen molar-refractivity contribution < 1.29 is 20.1 Å². The summed E-state index contributed by atoms with van der Waals surface area (Å²) in [6.45, 7) is 0.787. The predicted octanol–water partition coefficient (Wildman–Crippen LogP) is 0.833. The molecule has 0 radical (unpaired) electrons. The topological polar surface area (TPSA) is 82.0 Å². The molecule has 4 N–H and O–H groups in total. The number of piperidine rings is 1. The molecule has 0 aromatic heterocycles. The van der Waals surface area contributed by atoms with Gasteiger partial charge in [-0.3, -0.25) is 0 Å². The van der Waals surface area contributed by atoms with E-state index in [4.69, 9.17) is 4.74 Å². The number of phenolic OH excluding ortho intramolecular Hbond substituents is 1. The number of aromatic hydroxyl groups is 1. The number of methoxy groups -OCH3 is 1. The molecule has 120 valence electrons.